The zero-order chi connectivity index (χ0) is 25.1. The quantitative estimate of drug-likeness (QED) is 0.541. The molecule has 1 saturated heterocycles. The van der Waals surface area contributed by atoms with Gasteiger partial charge >= 0.3 is 0 Å². The van der Waals surface area contributed by atoms with Crippen molar-refractivity contribution in [1.29, 1.82) is 0 Å². The van der Waals surface area contributed by atoms with Gasteiger partial charge in [-0.2, -0.15) is 0 Å². The summed E-state index contributed by atoms with van der Waals surface area (Å²) in [5, 5.41) is 3.00. The normalized spacial score (nSPS) is 16.2. The number of fused-ring (bicyclic) bond motifs is 1. The molecule has 0 bridgehead atoms. The molecule has 5 rings (SSSR count). The fourth-order valence-electron chi connectivity index (χ4n) is 4.59. The SMILES string of the molecule is C=CC(=O)NC1CCN(Cc2ccc(-c3nc4c(nc3-c3ccccc3)N(C)C(=O)CO4)cc2)CC1. The van der Waals surface area contributed by atoms with E-state index >= 15 is 0 Å². The Labute approximate surface area is 210 Å². The molecule has 1 aromatic heterocycles. The Hall–Kier alpha value is -4.04. The van der Waals surface area contributed by atoms with Crippen LogP contribution in [-0.4, -0.2) is 59.5 Å². The van der Waals surface area contributed by atoms with Gasteiger partial charge in [0.15, 0.2) is 12.4 Å². The fourth-order valence-corrected chi connectivity index (χ4v) is 4.59. The van der Waals surface area contributed by atoms with Gasteiger partial charge in [-0.15, -0.1) is 0 Å². The summed E-state index contributed by atoms with van der Waals surface area (Å²) in [7, 11) is 1.69. The molecule has 2 aliphatic rings. The third kappa shape index (κ3) is 4.99. The Kier molecular flexibility index (Phi) is 6.77. The van der Waals surface area contributed by atoms with E-state index < -0.39 is 0 Å². The summed E-state index contributed by atoms with van der Waals surface area (Å²) < 4.78 is 5.62. The zero-order valence-electron chi connectivity index (χ0n) is 20.3. The van der Waals surface area contributed by atoms with E-state index in [-0.39, 0.29) is 24.5 Å². The number of ether oxygens (including phenoxy) is 1. The van der Waals surface area contributed by atoms with Crippen molar-refractivity contribution >= 4 is 17.6 Å². The van der Waals surface area contributed by atoms with E-state index in [1.807, 2.05) is 30.3 Å². The van der Waals surface area contributed by atoms with E-state index in [0.717, 1.165) is 43.6 Å². The molecule has 1 N–H and O–H groups in total. The summed E-state index contributed by atoms with van der Waals surface area (Å²) in [6.45, 7) is 6.19. The zero-order valence-corrected chi connectivity index (χ0v) is 20.3. The molecule has 1 fully saturated rings. The topological polar surface area (TPSA) is 87.7 Å². The summed E-state index contributed by atoms with van der Waals surface area (Å²) in [6.07, 6.45) is 3.19. The van der Waals surface area contributed by atoms with E-state index in [4.69, 9.17) is 14.7 Å². The fraction of sp³-hybridized carbons (Fsp3) is 0.286. The van der Waals surface area contributed by atoms with Crippen LogP contribution in [0.2, 0.25) is 0 Å². The highest BCUT2D eigenvalue weighted by molar-refractivity contribution is 5.96. The first-order valence-corrected chi connectivity index (χ1v) is 12.1. The minimum absolute atomic E-state index is 0.0464. The minimum Gasteiger partial charge on any atom is -0.465 e. The molecule has 3 aromatic rings. The number of carbonyl (C=O) groups is 2. The first-order valence-electron chi connectivity index (χ1n) is 12.1. The molecule has 2 aliphatic heterocycles. The summed E-state index contributed by atoms with van der Waals surface area (Å²) in [5.41, 5.74) is 4.48. The standard InChI is InChI=1S/C28H29N5O3/c1-3-23(34)29-22-13-15-33(16-14-22)17-19-9-11-21(12-10-19)26-25(20-7-5-4-6-8-20)30-27-28(31-26)36-18-24(35)32(27)2/h3-12,22H,1,13-18H2,2H3,(H,29,34). The van der Waals surface area contributed by atoms with E-state index in [0.29, 0.717) is 23.1 Å². The van der Waals surface area contributed by atoms with Crippen molar-refractivity contribution in [2.75, 3.05) is 31.6 Å². The van der Waals surface area contributed by atoms with Gasteiger partial charge in [0, 0.05) is 43.9 Å². The van der Waals surface area contributed by atoms with Gasteiger partial charge in [-0.3, -0.25) is 19.4 Å². The van der Waals surface area contributed by atoms with Crippen LogP contribution in [0.15, 0.2) is 67.3 Å². The van der Waals surface area contributed by atoms with Gasteiger partial charge in [0.1, 0.15) is 5.69 Å². The number of likely N-dealkylation sites (N-methyl/N-ethyl adjacent to an activating group) is 1. The first-order chi connectivity index (χ1) is 17.5. The van der Waals surface area contributed by atoms with Crippen molar-refractivity contribution in [2.24, 2.45) is 0 Å². The number of likely N-dealkylation sites (tertiary alicyclic amines) is 1. The molecule has 3 heterocycles. The third-order valence-electron chi connectivity index (χ3n) is 6.67. The maximum atomic E-state index is 12.1. The number of aromatic nitrogens is 2. The van der Waals surface area contributed by atoms with Crippen molar-refractivity contribution in [3.05, 3.63) is 72.8 Å². The van der Waals surface area contributed by atoms with E-state index in [1.165, 1.54) is 16.5 Å². The number of anilines is 1. The van der Waals surface area contributed by atoms with E-state index in [9.17, 15) is 9.59 Å². The van der Waals surface area contributed by atoms with Gasteiger partial charge < -0.3 is 10.1 Å². The molecule has 0 unspecified atom stereocenters. The second kappa shape index (κ2) is 10.3. The molecule has 36 heavy (non-hydrogen) atoms. The molecule has 0 spiro atoms. The molecule has 0 radical (unpaired) electrons. The van der Waals surface area contributed by atoms with Gasteiger partial charge in [0.2, 0.25) is 5.91 Å². The molecular formula is C28H29N5O3. The lowest BCUT2D eigenvalue weighted by Crippen LogP contribution is -2.43. The molecule has 0 saturated carbocycles. The Bertz CT molecular complexity index is 1270. The van der Waals surface area contributed by atoms with Gasteiger partial charge in [-0.25, -0.2) is 9.97 Å². The second-order valence-corrected chi connectivity index (χ2v) is 9.12. The Morgan fingerprint density at radius 3 is 2.42 bits per heavy atom. The number of nitrogens with one attached hydrogen (secondary N) is 1. The summed E-state index contributed by atoms with van der Waals surface area (Å²) >= 11 is 0. The molecule has 184 valence electrons. The molecule has 0 atom stereocenters. The van der Waals surface area contributed by atoms with Crippen LogP contribution in [-0.2, 0) is 16.1 Å². The number of benzene rings is 2. The summed E-state index contributed by atoms with van der Waals surface area (Å²) in [4.78, 5) is 37.2. The smallest absolute Gasteiger partial charge is 0.266 e. The van der Waals surface area contributed by atoms with Crippen LogP contribution in [0.25, 0.3) is 22.5 Å². The third-order valence-corrected chi connectivity index (χ3v) is 6.67. The monoisotopic (exact) mass is 483 g/mol. The molecule has 8 heteroatoms. The molecule has 8 nitrogen and oxygen atoms in total. The van der Waals surface area contributed by atoms with E-state index in [2.05, 4.69) is 41.1 Å². The number of nitrogens with zero attached hydrogens (tertiary/aromatic N) is 4. The van der Waals surface area contributed by atoms with Crippen molar-refractivity contribution in [3.63, 3.8) is 0 Å². The number of amides is 2. The summed E-state index contributed by atoms with van der Waals surface area (Å²) in [5.74, 6) is 0.535. The van der Waals surface area contributed by atoms with Crippen LogP contribution < -0.4 is 15.0 Å². The molecular weight excluding hydrogens is 454 g/mol. The van der Waals surface area contributed by atoms with E-state index in [1.54, 1.807) is 7.05 Å². The maximum Gasteiger partial charge on any atom is 0.266 e. The number of piperidine rings is 1. The Morgan fingerprint density at radius 2 is 1.72 bits per heavy atom. The maximum absolute atomic E-state index is 12.1. The second-order valence-electron chi connectivity index (χ2n) is 9.12. The van der Waals surface area contributed by atoms with Crippen LogP contribution in [0.5, 0.6) is 5.88 Å². The van der Waals surface area contributed by atoms with Crippen molar-refractivity contribution in [3.8, 4) is 28.4 Å². The highest BCUT2D eigenvalue weighted by Crippen LogP contribution is 2.36. The average molecular weight is 484 g/mol. The lowest BCUT2D eigenvalue weighted by Gasteiger charge is -2.32. The van der Waals surface area contributed by atoms with Gasteiger partial charge in [-0.05, 0) is 24.5 Å². The number of hydrogen-bond donors (Lipinski definition) is 1. The lowest BCUT2D eigenvalue weighted by atomic mass is 10.0. The number of rotatable bonds is 6. The minimum atomic E-state index is -0.153. The Morgan fingerprint density at radius 1 is 1.06 bits per heavy atom. The predicted octanol–water partition coefficient (Wildman–Crippen LogP) is 3.43. The van der Waals surface area contributed by atoms with Crippen LogP contribution in [0, 0.1) is 0 Å². The average Bonchev–Trinajstić information content (AvgIpc) is 2.92. The Balaban J connectivity index is 1.36. The van der Waals surface area contributed by atoms with Crippen LogP contribution in [0.4, 0.5) is 5.82 Å². The van der Waals surface area contributed by atoms with Gasteiger partial charge in [0.25, 0.3) is 11.8 Å². The summed E-state index contributed by atoms with van der Waals surface area (Å²) in [6, 6.07) is 18.4. The van der Waals surface area contributed by atoms with Crippen LogP contribution in [0.3, 0.4) is 0 Å². The molecule has 2 amide bonds. The lowest BCUT2D eigenvalue weighted by molar-refractivity contribution is -0.121. The van der Waals surface area contributed by atoms with Crippen LogP contribution in [0.1, 0.15) is 18.4 Å². The first kappa shape index (κ1) is 23.7. The predicted molar refractivity (Wildman–Crippen MR) is 138 cm³/mol. The molecule has 0 aliphatic carbocycles. The van der Waals surface area contributed by atoms with Crippen molar-refractivity contribution < 1.29 is 14.3 Å². The number of carbonyl (C=O) groups excluding carboxylic acids is 2. The molecule has 2 aromatic carbocycles. The van der Waals surface area contributed by atoms with Crippen LogP contribution >= 0.6 is 0 Å². The van der Waals surface area contributed by atoms with Gasteiger partial charge in [-0.1, -0.05) is 61.2 Å². The van der Waals surface area contributed by atoms with Crippen molar-refractivity contribution in [2.45, 2.75) is 25.4 Å². The largest absolute Gasteiger partial charge is 0.465 e. The van der Waals surface area contributed by atoms with Crippen molar-refractivity contribution in [1.82, 2.24) is 20.2 Å². The van der Waals surface area contributed by atoms with Gasteiger partial charge in [0.05, 0.1) is 5.69 Å². The number of hydrogen-bond acceptors (Lipinski definition) is 6. The highest BCUT2D eigenvalue weighted by atomic mass is 16.5. The highest BCUT2D eigenvalue weighted by Gasteiger charge is 2.28.